The average molecular weight is 260 g/mol. The molecule has 3 rings (SSSR count). The molecule has 3 aromatic carbocycles. The van der Waals surface area contributed by atoms with Gasteiger partial charge in [0.15, 0.2) is 0 Å². The van der Waals surface area contributed by atoms with Crippen molar-refractivity contribution in [1.29, 1.82) is 0 Å². The molecule has 0 heteroatoms. The smallest absolute Gasteiger partial charge is 0.0181 e. The Morgan fingerprint density at radius 1 is 0.450 bits per heavy atom. The molecule has 0 nitrogen and oxygen atoms in total. The van der Waals surface area contributed by atoms with Gasteiger partial charge in [-0.15, -0.1) is 0 Å². The minimum atomic E-state index is 1.28. The van der Waals surface area contributed by atoms with Gasteiger partial charge in [-0.25, -0.2) is 0 Å². The molecule has 0 saturated carbocycles. The van der Waals surface area contributed by atoms with Crippen molar-refractivity contribution in [2.45, 2.75) is 13.8 Å². The Labute approximate surface area is 121 Å². The summed E-state index contributed by atoms with van der Waals surface area (Å²) in [6.45, 7) is 4.20. The summed E-state index contributed by atoms with van der Waals surface area (Å²) < 4.78 is 0. The molecule has 0 N–H and O–H groups in total. The van der Waals surface area contributed by atoms with Crippen LogP contribution in [0.4, 0.5) is 0 Å². The molecule has 0 fully saturated rings. The zero-order valence-corrected chi connectivity index (χ0v) is 12.1. The fourth-order valence-corrected chi connectivity index (χ4v) is 1.99. The summed E-state index contributed by atoms with van der Waals surface area (Å²) in [5.74, 6) is 0. The predicted octanol–water partition coefficient (Wildman–Crippen LogP) is 5.66. The van der Waals surface area contributed by atoms with Gasteiger partial charge in [0.25, 0.3) is 0 Å². The molecule has 100 valence electrons. The first-order chi connectivity index (χ1) is 9.75. The highest BCUT2D eigenvalue weighted by atomic mass is 14.0. The molecule has 0 aromatic heterocycles. The van der Waals surface area contributed by atoms with Crippen LogP contribution in [0, 0.1) is 13.8 Å². The zero-order valence-electron chi connectivity index (χ0n) is 12.1. The van der Waals surface area contributed by atoms with Gasteiger partial charge in [0.05, 0.1) is 0 Å². The molecular formula is C20H20. The van der Waals surface area contributed by atoms with Crippen LogP contribution in [0.25, 0.3) is 11.1 Å². The van der Waals surface area contributed by atoms with Crippen molar-refractivity contribution in [3.8, 4) is 11.1 Å². The summed E-state index contributed by atoms with van der Waals surface area (Å²) in [5, 5.41) is 0. The molecule has 0 unspecified atom stereocenters. The molecule has 0 atom stereocenters. The molecule has 0 bridgehead atoms. The Kier molecular flexibility index (Phi) is 5.14. The van der Waals surface area contributed by atoms with Gasteiger partial charge in [-0.2, -0.15) is 0 Å². The third-order valence-electron chi connectivity index (χ3n) is 3.07. The van der Waals surface area contributed by atoms with E-state index >= 15 is 0 Å². The second-order valence-corrected chi connectivity index (χ2v) is 4.89. The van der Waals surface area contributed by atoms with Crippen LogP contribution in [0.1, 0.15) is 11.1 Å². The SMILES string of the molecule is Cc1cccc(-c2ccccc2)c1.Cc1ccccc1. The number of rotatable bonds is 1. The van der Waals surface area contributed by atoms with Gasteiger partial charge < -0.3 is 0 Å². The number of hydrogen-bond donors (Lipinski definition) is 0. The van der Waals surface area contributed by atoms with Crippen molar-refractivity contribution < 1.29 is 0 Å². The fourth-order valence-electron chi connectivity index (χ4n) is 1.99. The standard InChI is InChI=1S/C13H12.C7H8/c1-11-6-5-9-13(10-11)12-7-3-2-4-8-12;1-7-5-3-2-4-6-7/h2-10H,1H3;2-6H,1H3. The average Bonchev–Trinajstić information content (AvgIpc) is 2.50. The van der Waals surface area contributed by atoms with Crippen LogP contribution in [0.2, 0.25) is 0 Å². The largest absolute Gasteiger partial charge is 0.0622 e. The van der Waals surface area contributed by atoms with Gasteiger partial charge in [-0.3, -0.25) is 0 Å². The molecule has 0 spiro atoms. The van der Waals surface area contributed by atoms with Crippen molar-refractivity contribution in [2.75, 3.05) is 0 Å². The van der Waals surface area contributed by atoms with Crippen LogP contribution in [0.15, 0.2) is 84.9 Å². The molecule has 0 saturated heterocycles. The number of hydrogen-bond acceptors (Lipinski definition) is 0. The van der Waals surface area contributed by atoms with Crippen molar-refractivity contribution in [2.24, 2.45) is 0 Å². The van der Waals surface area contributed by atoms with Crippen molar-refractivity contribution in [3.05, 3.63) is 96.1 Å². The van der Waals surface area contributed by atoms with Crippen LogP contribution < -0.4 is 0 Å². The first kappa shape index (κ1) is 14.1. The van der Waals surface area contributed by atoms with Crippen molar-refractivity contribution in [3.63, 3.8) is 0 Å². The summed E-state index contributed by atoms with van der Waals surface area (Å²) in [4.78, 5) is 0. The lowest BCUT2D eigenvalue weighted by Gasteiger charge is -2.01. The van der Waals surface area contributed by atoms with E-state index in [9.17, 15) is 0 Å². The van der Waals surface area contributed by atoms with Gasteiger partial charge in [0.1, 0.15) is 0 Å². The molecular weight excluding hydrogens is 240 g/mol. The van der Waals surface area contributed by atoms with Gasteiger partial charge in [-0.1, -0.05) is 96.1 Å². The molecule has 0 aliphatic heterocycles. The third kappa shape index (κ3) is 4.40. The predicted molar refractivity (Wildman–Crippen MR) is 87.8 cm³/mol. The lowest BCUT2D eigenvalue weighted by atomic mass is 10.0. The minimum Gasteiger partial charge on any atom is -0.0622 e. The molecule has 0 amide bonds. The van der Waals surface area contributed by atoms with Crippen molar-refractivity contribution >= 4 is 0 Å². The Morgan fingerprint density at radius 2 is 0.950 bits per heavy atom. The van der Waals surface area contributed by atoms with Crippen molar-refractivity contribution in [1.82, 2.24) is 0 Å². The Hall–Kier alpha value is -2.34. The molecule has 3 aromatic rings. The molecule has 0 aliphatic carbocycles. The van der Waals surface area contributed by atoms with Crippen LogP contribution in [0.5, 0.6) is 0 Å². The molecule has 20 heavy (non-hydrogen) atoms. The van der Waals surface area contributed by atoms with E-state index in [1.54, 1.807) is 0 Å². The number of aryl methyl sites for hydroxylation is 2. The fraction of sp³-hybridized carbons (Fsp3) is 0.100. The maximum absolute atomic E-state index is 2.20. The van der Waals surface area contributed by atoms with Crippen LogP contribution in [-0.4, -0.2) is 0 Å². The topological polar surface area (TPSA) is 0 Å². The van der Waals surface area contributed by atoms with Crippen LogP contribution in [0.3, 0.4) is 0 Å². The first-order valence-corrected chi connectivity index (χ1v) is 6.89. The Balaban J connectivity index is 0.000000178. The Morgan fingerprint density at radius 3 is 1.45 bits per heavy atom. The highest BCUT2D eigenvalue weighted by molar-refractivity contribution is 5.63. The third-order valence-corrected chi connectivity index (χ3v) is 3.07. The van der Waals surface area contributed by atoms with E-state index in [1.165, 1.54) is 22.3 Å². The number of benzene rings is 3. The molecule has 0 radical (unpaired) electrons. The monoisotopic (exact) mass is 260 g/mol. The minimum absolute atomic E-state index is 1.28. The highest BCUT2D eigenvalue weighted by Gasteiger charge is 1.94. The zero-order chi connectivity index (χ0) is 14.2. The molecule has 0 aliphatic rings. The summed E-state index contributed by atoms with van der Waals surface area (Å²) in [5.41, 5.74) is 5.20. The molecule has 0 heterocycles. The van der Waals surface area contributed by atoms with E-state index in [0.29, 0.717) is 0 Å². The van der Waals surface area contributed by atoms with Gasteiger partial charge in [0, 0.05) is 0 Å². The Bertz CT molecular complexity index is 624. The van der Waals surface area contributed by atoms with E-state index in [1.807, 2.05) is 24.3 Å². The van der Waals surface area contributed by atoms with Crippen LogP contribution in [-0.2, 0) is 0 Å². The second-order valence-electron chi connectivity index (χ2n) is 4.89. The van der Waals surface area contributed by atoms with Gasteiger partial charge >= 0.3 is 0 Å². The maximum atomic E-state index is 2.20. The van der Waals surface area contributed by atoms with E-state index < -0.39 is 0 Å². The lowest BCUT2D eigenvalue weighted by molar-refractivity contribution is 1.47. The van der Waals surface area contributed by atoms with E-state index in [4.69, 9.17) is 0 Å². The first-order valence-electron chi connectivity index (χ1n) is 6.89. The highest BCUT2D eigenvalue weighted by Crippen LogP contribution is 2.19. The van der Waals surface area contributed by atoms with E-state index in [-0.39, 0.29) is 0 Å². The maximum Gasteiger partial charge on any atom is -0.0181 e. The van der Waals surface area contributed by atoms with E-state index in [2.05, 4.69) is 74.5 Å². The lowest BCUT2D eigenvalue weighted by Crippen LogP contribution is -1.77. The summed E-state index contributed by atoms with van der Waals surface area (Å²) in [6, 6.07) is 29.3. The summed E-state index contributed by atoms with van der Waals surface area (Å²) in [6.07, 6.45) is 0. The second kappa shape index (κ2) is 7.30. The summed E-state index contributed by atoms with van der Waals surface area (Å²) in [7, 11) is 0. The summed E-state index contributed by atoms with van der Waals surface area (Å²) >= 11 is 0. The normalized spacial score (nSPS) is 9.50. The quantitative estimate of drug-likeness (QED) is 0.530. The van der Waals surface area contributed by atoms with Gasteiger partial charge in [-0.05, 0) is 25.0 Å². The van der Waals surface area contributed by atoms with Gasteiger partial charge in [0.2, 0.25) is 0 Å². The van der Waals surface area contributed by atoms with Crippen LogP contribution >= 0.6 is 0 Å². The van der Waals surface area contributed by atoms with E-state index in [0.717, 1.165) is 0 Å².